The summed E-state index contributed by atoms with van der Waals surface area (Å²) in [6.07, 6.45) is 0. The second-order valence-corrected chi connectivity index (χ2v) is 6.68. The predicted octanol–water partition coefficient (Wildman–Crippen LogP) is 5.38. The Kier molecular flexibility index (Phi) is 5.75. The maximum absolute atomic E-state index is 12.9. The van der Waals surface area contributed by atoms with E-state index < -0.39 is 0 Å². The summed E-state index contributed by atoms with van der Waals surface area (Å²) in [6.45, 7) is 0.295. The summed E-state index contributed by atoms with van der Waals surface area (Å²) in [7, 11) is 1.53. The Morgan fingerprint density at radius 2 is 1.96 bits per heavy atom. The molecule has 0 unspecified atom stereocenters. The van der Waals surface area contributed by atoms with E-state index in [4.69, 9.17) is 21.1 Å². The van der Waals surface area contributed by atoms with Gasteiger partial charge in [0.15, 0.2) is 0 Å². The van der Waals surface area contributed by atoms with Crippen LogP contribution in [0, 0.1) is 5.82 Å². The third kappa shape index (κ3) is 4.53. The summed E-state index contributed by atoms with van der Waals surface area (Å²) in [5, 5.41) is 5.06. The Morgan fingerprint density at radius 1 is 1.19 bits per heavy atom. The quantitative estimate of drug-likeness (QED) is 0.613. The van der Waals surface area contributed by atoms with Crippen molar-refractivity contribution < 1.29 is 18.7 Å². The lowest BCUT2D eigenvalue weighted by Gasteiger charge is -2.07. The van der Waals surface area contributed by atoms with Crippen molar-refractivity contribution in [3.8, 4) is 11.5 Å². The van der Waals surface area contributed by atoms with E-state index in [1.807, 2.05) is 5.38 Å². The second kappa shape index (κ2) is 8.21. The molecule has 2 aromatic carbocycles. The molecule has 0 aliphatic rings. The van der Waals surface area contributed by atoms with Gasteiger partial charge in [0, 0.05) is 11.3 Å². The number of ether oxygens (including phenoxy) is 2. The minimum atomic E-state index is -0.314. The average Bonchev–Trinajstić information content (AvgIpc) is 3.11. The maximum atomic E-state index is 12.9. The van der Waals surface area contributed by atoms with Crippen molar-refractivity contribution in [2.75, 3.05) is 12.4 Å². The minimum absolute atomic E-state index is 0.232. The summed E-state index contributed by atoms with van der Waals surface area (Å²) in [4.78, 5) is 12.9. The van der Waals surface area contributed by atoms with Crippen molar-refractivity contribution in [2.24, 2.45) is 0 Å². The highest BCUT2D eigenvalue weighted by Gasteiger charge is 2.11. The SMILES string of the molecule is COc1ccc(NC(=O)c2cc(COc3ccc(F)cc3)cs2)cc1Cl. The first-order chi connectivity index (χ1) is 12.5. The van der Waals surface area contributed by atoms with Crippen LogP contribution in [0.3, 0.4) is 0 Å². The molecule has 0 aliphatic heterocycles. The molecule has 3 aromatic rings. The van der Waals surface area contributed by atoms with E-state index >= 15 is 0 Å². The molecule has 3 rings (SSSR count). The van der Waals surface area contributed by atoms with Gasteiger partial charge in [-0.3, -0.25) is 4.79 Å². The van der Waals surface area contributed by atoms with E-state index in [9.17, 15) is 9.18 Å². The smallest absolute Gasteiger partial charge is 0.265 e. The van der Waals surface area contributed by atoms with Crippen molar-refractivity contribution in [3.63, 3.8) is 0 Å². The average molecular weight is 392 g/mol. The van der Waals surface area contributed by atoms with Crippen LogP contribution in [-0.2, 0) is 6.61 Å². The van der Waals surface area contributed by atoms with Gasteiger partial charge < -0.3 is 14.8 Å². The predicted molar refractivity (Wildman–Crippen MR) is 101 cm³/mol. The van der Waals surface area contributed by atoms with Crippen molar-refractivity contribution in [1.82, 2.24) is 0 Å². The molecule has 4 nitrogen and oxygen atoms in total. The van der Waals surface area contributed by atoms with Crippen LogP contribution in [0.5, 0.6) is 11.5 Å². The number of hydrogen-bond donors (Lipinski definition) is 1. The molecule has 0 saturated heterocycles. The zero-order valence-corrected chi connectivity index (χ0v) is 15.4. The van der Waals surface area contributed by atoms with E-state index in [1.54, 1.807) is 36.4 Å². The number of carbonyl (C=O) groups excluding carboxylic acids is 1. The Morgan fingerprint density at radius 3 is 2.65 bits per heavy atom. The number of hydrogen-bond acceptors (Lipinski definition) is 4. The van der Waals surface area contributed by atoms with Crippen LogP contribution in [0.25, 0.3) is 0 Å². The van der Waals surface area contributed by atoms with Crippen molar-refractivity contribution in [2.45, 2.75) is 6.61 Å². The third-order valence-corrected chi connectivity index (χ3v) is 4.78. The summed E-state index contributed by atoms with van der Waals surface area (Å²) >= 11 is 7.38. The van der Waals surface area contributed by atoms with Crippen molar-refractivity contribution in [1.29, 1.82) is 0 Å². The van der Waals surface area contributed by atoms with E-state index in [0.29, 0.717) is 33.7 Å². The van der Waals surface area contributed by atoms with Gasteiger partial charge in [-0.25, -0.2) is 4.39 Å². The zero-order valence-electron chi connectivity index (χ0n) is 13.8. The summed E-state index contributed by atoms with van der Waals surface area (Å²) in [6, 6.07) is 12.6. The van der Waals surface area contributed by atoms with Crippen LogP contribution in [0.4, 0.5) is 10.1 Å². The number of thiophene rings is 1. The molecule has 0 spiro atoms. The van der Waals surface area contributed by atoms with Crippen LogP contribution in [0.1, 0.15) is 15.2 Å². The minimum Gasteiger partial charge on any atom is -0.495 e. The molecular formula is C19H15ClFNO3S. The van der Waals surface area contributed by atoms with Gasteiger partial charge in [-0.05, 0) is 53.9 Å². The fourth-order valence-corrected chi connectivity index (χ4v) is 3.25. The van der Waals surface area contributed by atoms with Crippen LogP contribution < -0.4 is 14.8 Å². The van der Waals surface area contributed by atoms with Gasteiger partial charge in [0.1, 0.15) is 23.9 Å². The fraction of sp³-hybridized carbons (Fsp3) is 0.105. The van der Waals surface area contributed by atoms with Gasteiger partial charge in [-0.2, -0.15) is 0 Å². The van der Waals surface area contributed by atoms with Gasteiger partial charge in [-0.15, -0.1) is 11.3 Å². The zero-order chi connectivity index (χ0) is 18.5. The summed E-state index contributed by atoms with van der Waals surface area (Å²) in [5.41, 5.74) is 1.44. The number of carbonyl (C=O) groups is 1. The first kappa shape index (κ1) is 18.2. The fourth-order valence-electron chi connectivity index (χ4n) is 2.20. The van der Waals surface area contributed by atoms with Crippen LogP contribution in [0.2, 0.25) is 5.02 Å². The lowest BCUT2D eigenvalue weighted by molar-refractivity contribution is 0.103. The van der Waals surface area contributed by atoms with Gasteiger partial charge >= 0.3 is 0 Å². The van der Waals surface area contributed by atoms with Gasteiger partial charge in [0.2, 0.25) is 0 Å². The third-order valence-electron chi connectivity index (χ3n) is 3.51. The van der Waals surface area contributed by atoms with Gasteiger partial charge in [0.05, 0.1) is 17.0 Å². The number of nitrogens with one attached hydrogen (secondary N) is 1. The molecule has 1 N–H and O–H groups in total. The molecular weight excluding hydrogens is 377 g/mol. The Bertz CT molecular complexity index is 911. The number of amides is 1. The topological polar surface area (TPSA) is 47.6 Å². The van der Waals surface area contributed by atoms with Gasteiger partial charge in [0.25, 0.3) is 5.91 Å². The molecule has 0 radical (unpaired) electrons. The highest BCUT2D eigenvalue weighted by atomic mass is 35.5. The highest BCUT2D eigenvalue weighted by Crippen LogP contribution is 2.28. The van der Waals surface area contributed by atoms with Crippen LogP contribution >= 0.6 is 22.9 Å². The highest BCUT2D eigenvalue weighted by molar-refractivity contribution is 7.12. The molecule has 1 amide bonds. The number of rotatable bonds is 6. The number of halogens is 2. The molecule has 0 saturated carbocycles. The second-order valence-electron chi connectivity index (χ2n) is 5.37. The number of methoxy groups -OCH3 is 1. The van der Waals surface area contributed by atoms with E-state index in [2.05, 4.69) is 5.32 Å². The lowest BCUT2D eigenvalue weighted by atomic mass is 10.2. The summed E-state index contributed by atoms with van der Waals surface area (Å²) in [5.74, 6) is 0.562. The molecule has 0 atom stereocenters. The maximum Gasteiger partial charge on any atom is 0.265 e. The van der Waals surface area contributed by atoms with Crippen molar-refractivity contribution >= 4 is 34.5 Å². The van der Waals surface area contributed by atoms with E-state index in [-0.39, 0.29) is 11.7 Å². The molecule has 7 heteroatoms. The Balaban J connectivity index is 1.60. The molecule has 1 aromatic heterocycles. The molecule has 0 fully saturated rings. The first-order valence-electron chi connectivity index (χ1n) is 7.66. The van der Waals surface area contributed by atoms with Crippen LogP contribution in [-0.4, -0.2) is 13.0 Å². The van der Waals surface area contributed by atoms with Crippen molar-refractivity contribution in [3.05, 3.63) is 75.2 Å². The molecule has 134 valence electrons. The summed E-state index contributed by atoms with van der Waals surface area (Å²) < 4.78 is 23.5. The normalized spacial score (nSPS) is 10.4. The lowest BCUT2D eigenvalue weighted by Crippen LogP contribution is -2.10. The standard InChI is InChI=1S/C19H15ClFNO3S/c1-24-17-7-4-14(9-16(17)20)22-19(23)18-8-12(11-26-18)10-25-15-5-2-13(21)3-6-15/h2-9,11H,10H2,1H3,(H,22,23). The largest absolute Gasteiger partial charge is 0.495 e. The molecule has 26 heavy (non-hydrogen) atoms. The molecule has 0 bridgehead atoms. The molecule has 0 aliphatic carbocycles. The Hall–Kier alpha value is -2.57. The number of benzene rings is 2. The van der Waals surface area contributed by atoms with E-state index in [0.717, 1.165) is 5.56 Å². The number of anilines is 1. The Labute approximate surface area is 159 Å². The monoisotopic (exact) mass is 391 g/mol. The van der Waals surface area contributed by atoms with Crippen LogP contribution in [0.15, 0.2) is 53.9 Å². The van der Waals surface area contributed by atoms with Gasteiger partial charge in [-0.1, -0.05) is 11.6 Å². The van der Waals surface area contributed by atoms with E-state index in [1.165, 1.54) is 30.6 Å². The first-order valence-corrected chi connectivity index (χ1v) is 8.91. The molecule has 1 heterocycles.